The van der Waals surface area contributed by atoms with Gasteiger partial charge in [0.2, 0.25) is 0 Å². The normalized spacial score (nSPS) is 11.0. The van der Waals surface area contributed by atoms with Crippen molar-refractivity contribution in [1.82, 2.24) is 5.16 Å². The quantitative estimate of drug-likeness (QED) is 0.327. The maximum atomic E-state index is 12.2. The minimum atomic E-state index is -0.556. The number of aromatic nitrogens is 1. The largest absolute Gasteiger partial charge is 0.490 e. The number of benzene rings is 2. The van der Waals surface area contributed by atoms with Crippen LogP contribution >= 0.6 is 0 Å². The van der Waals surface area contributed by atoms with E-state index in [9.17, 15) is 10.1 Å². The van der Waals surface area contributed by atoms with Crippen molar-refractivity contribution in [2.24, 2.45) is 0 Å². The predicted octanol–water partition coefficient (Wildman–Crippen LogP) is 4.60. The van der Waals surface area contributed by atoms with Crippen molar-refractivity contribution >= 4 is 17.8 Å². The molecule has 2 aromatic carbocycles. The zero-order valence-corrected chi connectivity index (χ0v) is 17.6. The van der Waals surface area contributed by atoms with Crippen LogP contribution in [0.25, 0.3) is 6.08 Å². The van der Waals surface area contributed by atoms with Gasteiger partial charge < -0.3 is 19.3 Å². The van der Waals surface area contributed by atoms with Crippen LogP contribution in [0.5, 0.6) is 11.5 Å². The lowest BCUT2D eigenvalue weighted by Gasteiger charge is -2.11. The van der Waals surface area contributed by atoms with Gasteiger partial charge in [-0.2, -0.15) is 5.26 Å². The number of hydrogen-bond donors (Lipinski definition) is 1. The number of ether oxygens (including phenoxy) is 2. The molecule has 0 unspecified atom stereocenters. The van der Waals surface area contributed by atoms with Crippen molar-refractivity contribution in [3.8, 4) is 17.6 Å². The van der Waals surface area contributed by atoms with Gasteiger partial charge in [0.1, 0.15) is 42.1 Å². The highest BCUT2D eigenvalue weighted by atomic mass is 16.5. The number of nitriles is 1. The molecule has 0 bridgehead atoms. The van der Waals surface area contributed by atoms with Crippen molar-refractivity contribution < 1.29 is 18.8 Å². The molecule has 1 heterocycles. The van der Waals surface area contributed by atoms with E-state index in [1.54, 1.807) is 37.3 Å². The fraction of sp³-hybridized carbons (Fsp3) is 0.208. The van der Waals surface area contributed by atoms with Crippen molar-refractivity contribution in [1.29, 1.82) is 5.26 Å². The molecule has 1 amide bonds. The highest BCUT2D eigenvalue weighted by Crippen LogP contribution is 2.19. The highest BCUT2D eigenvalue weighted by Gasteiger charge is 2.12. The van der Waals surface area contributed by atoms with Gasteiger partial charge >= 0.3 is 0 Å². The molecule has 31 heavy (non-hydrogen) atoms. The van der Waals surface area contributed by atoms with Crippen LogP contribution in [0.15, 0.2) is 58.6 Å². The van der Waals surface area contributed by atoms with Gasteiger partial charge in [0.05, 0.1) is 0 Å². The minimum absolute atomic E-state index is 0.0452. The summed E-state index contributed by atoms with van der Waals surface area (Å²) < 4.78 is 16.3. The Morgan fingerprint density at radius 2 is 1.84 bits per heavy atom. The third kappa shape index (κ3) is 6.21. The Morgan fingerprint density at radius 3 is 2.48 bits per heavy atom. The number of carbonyl (C=O) groups is 1. The Bertz CT molecular complexity index is 1120. The Morgan fingerprint density at radius 1 is 1.10 bits per heavy atom. The van der Waals surface area contributed by atoms with Crippen LogP contribution in [0.1, 0.15) is 22.5 Å². The number of aryl methyl sites for hydroxylation is 3. The number of hydrogen-bond acceptors (Lipinski definition) is 6. The second-order valence-electron chi connectivity index (χ2n) is 6.98. The Balaban J connectivity index is 1.52. The molecule has 0 saturated carbocycles. The van der Waals surface area contributed by atoms with Gasteiger partial charge in [-0.05, 0) is 56.2 Å². The zero-order valence-electron chi connectivity index (χ0n) is 17.6. The van der Waals surface area contributed by atoms with Crippen molar-refractivity contribution in [3.63, 3.8) is 0 Å². The number of amides is 1. The summed E-state index contributed by atoms with van der Waals surface area (Å²) in [5.74, 6) is 1.78. The molecule has 158 valence electrons. The van der Waals surface area contributed by atoms with E-state index >= 15 is 0 Å². The van der Waals surface area contributed by atoms with Crippen LogP contribution in [0.4, 0.5) is 5.82 Å². The average molecular weight is 417 g/mol. The van der Waals surface area contributed by atoms with Crippen molar-refractivity contribution in [3.05, 3.63) is 76.6 Å². The summed E-state index contributed by atoms with van der Waals surface area (Å²) in [7, 11) is 0. The van der Waals surface area contributed by atoms with Crippen LogP contribution in [0, 0.1) is 32.1 Å². The number of nitrogens with zero attached hydrogens (tertiary/aromatic N) is 2. The molecule has 0 radical (unpaired) electrons. The first-order chi connectivity index (χ1) is 14.9. The predicted molar refractivity (Wildman–Crippen MR) is 117 cm³/mol. The average Bonchev–Trinajstić information content (AvgIpc) is 3.16. The van der Waals surface area contributed by atoms with Gasteiger partial charge in [-0.1, -0.05) is 35.0 Å². The fourth-order valence-electron chi connectivity index (χ4n) is 2.86. The molecule has 0 aliphatic heterocycles. The summed E-state index contributed by atoms with van der Waals surface area (Å²) >= 11 is 0. The standard InChI is InChI=1S/C24H23N3O4/c1-16-4-9-22(17(2)12-16)30-11-10-29-21-7-5-19(6-8-21)14-20(15-25)24(28)26-23-13-18(3)31-27-23/h4-9,12-14H,10-11H2,1-3H3,(H,26,27,28)/b20-14-. The van der Waals surface area contributed by atoms with E-state index in [0.717, 1.165) is 11.3 Å². The molecule has 3 aromatic rings. The summed E-state index contributed by atoms with van der Waals surface area (Å²) in [6.45, 7) is 6.58. The number of carbonyl (C=O) groups excluding carboxylic acids is 1. The van der Waals surface area contributed by atoms with Crippen LogP contribution < -0.4 is 14.8 Å². The third-order valence-corrected chi connectivity index (χ3v) is 4.37. The Hall–Kier alpha value is -4.05. The maximum absolute atomic E-state index is 12.2. The van der Waals surface area contributed by atoms with Crippen molar-refractivity contribution in [2.45, 2.75) is 20.8 Å². The molecule has 0 atom stereocenters. The maximum Gasteiger partial charge on any atom is 0.267 e. The summed E-state index contributed by atoms with van der Waals surface area (Å²) in [5.41, 5.74) is 2.94. The second kappa shape index (κ2) is 10.1. The van der Waals surface area contributed by atoms with Gasteiger partial charge in [-0.25, -0.2) is 0 Å². The number of rotatable bonds is 8. The van der Waals surface area contributed by atoms with E-state index in [1.807, 2.05) is 32.0 Å². The van der Waals surface area contributed by atoms with Gasteiger partial charge in [0, 0.05) is 6.07 Å². The van der Waals surface area contributed by atoms with E-state index < -0.39 is 5.91 Å². The Kier molecular flexibility index (Phi) is 7.07. The van der Waals surface area contributed by atoms with E-state index in [-0.39, 0.29) is 11.4 Å². The summed E-state index contributed by atoms with van der Waals surface area (Å²) in [6, 6.07) is 16.6. The summed E-state index contributed by atoms with van der Waals surface area (Å²) in [6.07, 6.45) is 1.50. The van der Waals surface area contributed by atoms with E-state index in [1.165, 1.54) is 11.6 Å². The molecule has 1 aromatic heterocycles. The number of anilines is 1. The molecule has 0 fully saturated rings. The van der Waals surface area contributed by atoms with Crippen molar-refractivity contribution in [2.75, 3.05) is 18.5 Å². The molecule has 0 aliphatic carbocycles. The molecule has 1 N–H and O–H groups in total. The molecule has 3 rings (SSSR count). The highest BCUT2D eigenvalue weighted by molar-refractivity contribution is 6.09. The molecule has 7 nitrogen and oxygen atoms in total. The molecule has 7 heteroatoms. The molecular weight excluding hydrogens is 394 g/mol. The van der Waals surface area contributed by atoms with Crippen LogP contribution in [0.3, 0.4) is 0 Å². The van der Waals surface area contributed by atoms with E-state index in [0.29, 0.717) is 30.3 Å². The molecule has 0 spiro atoms. The lowest BCUT2D eigenvalue weighted by atomic mass is 10.1. The fourth-order valence-corrected chi connectivity index (χ4v) is 2.86. The minimum Gasteiger partial charge on any atom is -0.490 e. The second-order valence-corrected chi connectivity index (χ2v) is 6.98. The lowest BCUT2D eigenvalue weighted by Crippen LogP contribution is -2.13. The first-order valence-corrected chi connectivity index (χ1v) is 9.74. The van der Waals surface area contributed by atoms with Crippen LogP contribution in [-0.4, -0.2) is 24.3 Å². The summed E-state index contributed by atoms with van der Waals surface area (Å²) in [4.78, 5) is 12.2. The van der Waals surface area contributed by atoms with Gasteiger partial charge in [0.15, 0.2) is 5.82 Å². The topological polar surface area (TPSA) is 97.4 Å². The zero-order chi connectivity index (χ0) is 22.2. The molecular formula is C24H23N3O4. The van der Waals surface area contributed by atoms with E-state index in [4.69, 9.17) is 14.0 Å². The first-order valence-electron chi connectivity index (χ1n) is 9.74. The monoisotopic (exact) mass is 417 g/mol. The molecule has 0 aliphatic rings. The Labute approximate surface area is 180 Å². The van der Waals surface area contributed by atoms with Crippen LogP contribution in [-0.2, 0) is 4.79 Å². The molecule has 0 saturated heterocycles. The van der Waals surface area contributed by atoms with Crippen LogP contribution in [0.2, 0.25) is 0 Å². The summed E-state index contributed by atoms with van der Waals surface area (Å²) in [5, 5.41) is 15.5. The number of nitrogens with one attached hydrogen (secondary N) is 1. The van der Waals surface area contributed by atoms with Gasteiger partial charge in [-0.15, -0.1) is 0 Å². The first kappa shape index (κ1) is 21.7. The lowest BCUT2D eigenvalue weighted by molar-refractivity contribution is -0.112. The SMILES string of the molecule is Cc1ccc(OCCOc2ccc(/C=C(/C#N)C(=O)Nc3cc(C)on3)cc2)c(C)c1. The van der Waals surface area contributed by atoms with E-state index in [2.05, 4.69) is 16.5 Å². The van der Waals surface area contributed by atoms with Gasteiger partial charge in [0.25, 0.3) is 5.91 Å². The third-order valence-electron chi connectivity index (χ3n) is 4.37. The smallest absolute Gasteiger partial charge is 0.267 e. The van der Waals surface area contributed by atoms with Gasteiger partial charge in [-0.3, -0.25) is 4.79 Å².